The monoisotopic (exact) mass is 180 g/mol. The van der Waals surface area contributed by atoms with Gasteiger partial charge in [-0.05, 0) is 30.2 Å². The third-order valence-corrected chi connectivity index (χ3v) is 2.29. The standard InChI is InChI=1S/C10H12O3/c11-5-7-3-8-4-9(12)1-2-10(8)13-6-7/h1-2,4,7,11-12H,3,5-6H2. The Hall–Kier alpha value is -1.22. The first kappa shape index (κ1) is 8.38. The molecular weight excluding hydrogens is 168 g/mol. The van der Waals surface area contributed by atoms with Gasteiger partial charge in [0.05, 0.1) is 6.61 Å². The van der Waals surface area contributed by atoms with Crippen LogP contribution >= 0.6 is 0 Å². The maximum atomic E-state index is 9.23. The molecule has 0 aliphatic carbocycles. The molecule has 1 unspecified atom stereocenters. The number of ether oxygens (including phenoxy) is 1. The lowest BCUT2D eigenvalue weighted by atomic mass is 9.97. The lowest BCUT2D eigenvalue weighted by molar-refractivity contribution is 0.146. The predicted molar refractivity (Wildman–Crippen MR) is 47.9 cm³/mol. The molecule has 0 aromatic heterocycles. The molecule has 0 bridgehead atoms. The first-order chi connectivity index (χ1) is 6.29. The van der Waals surface area contributed by atoms with Crippen LogP contribution in [0.15, 0.2) is 18.2 Å². The smallest absolute Gasteiger partial charge is 0.122 e. The van der Waals surface area contributed by atoms with Gasteiger partial charge in [-0.25, -0.2) is 0 Å². The van der Waals surface area contributed by atoms with Crippen LogP contribution in [0.5, 0.6) is 11.5 Å². The molecule has 0 radical (unpaired) electrons. The van der Waals surface area contributed by atoms with Crippen molar-refractivity contribution in [3.8, 4) is 11.5 Å². The molecule has 1 aliphatic heterocycles. The number of phenols is 1. The highest BCUT2D eigenvalue weighted by Gasteiger charge is 2.19. The van der Waals surface area contributed by atoms with E-state index in [2.05, 4.69) is 0 Å². The summed E-state index contributed by atoms with van der Waals surface area (Å²) in [5.41, 5.74) is 0.977. The van der Waals surface area contributed by atoms with Crippen LogP contribution in [-0.4, -0.2) is 23.4 Å². The zero-order valence-electron chi connectivity index (χ0n) is 7.23. The van der Waals surface area contributed by atoms with Gasteiger partial charge >= 0.3 is 0 Å². The van der Waals surface area contributed by atoms with Crippen molar-refractivity contribution in [1.82, 2.24) is 0 Å². The van der Waals surface area contributed by atoms with Crippen LogP contribution in [0, 0.1) is 5.92 Å². The molecule has 1 aliphatic rings. The molecule has 0 fully saturated rings. The Balaban J connectivity index is 2.27. The molecule has 13 heavy (non-hydrogen) atoms. The molecule has 0 amide bonds. The number of aliphatic hydroxyl groups excluding tert-OH is 1. The molecule has 70 valence electrons. The van der Waals surface area contributed by atoms with Crippen molar-refractivity contribution in [2.45, 2.75) is 6.42 Å². The molecule has 0 saturated carbocycles. The van der Waals surface area contributed by atoms with E-state index in [0.29, 0.717) is 6.61 Å². The Kier molecular flexibility index (Phi) is 2.10. The fraction of sp³-hybridized carbons (Fsp3) is 0.400. The second kappa shape index (κ2) is 3.26. The summed E-state index contributed by atoms with van der Waals surface area (Å²) in [6.07, 6.45) is 0.778. The van der Waals surface area contributed by atoms with E-state index >= 15 is 0 Å². The minimum Gasteiger partial charge on any atom is -0.508 e. The van der Waals surface area contributed by atoms with Gasteiger partial charge < -0.3 is 14.9 Å². The predicted octanol–water partition coefficient (Wildman–Crippen LogP) is 0.936. The summed E-state index contributed by atoms with van der Waals surface area (Å²) >= 11 is 0. The van der Waals surface area contributed by atoms with E-state index in [1.165, 1.54) is 0 Å². The van der Waals surface area contributed by atoms with Gasteiger partial charge in [-0.3, -0.25) is 0 Å². The second-order valence-corrected chi connectivity index (χ2v) is 3.36. The van der Waals surface area contributed by atoms with Gasteiger partial charge in [-0.15, -0.1) is 0 Å². The summed E-state index contributed by atoms with van der Waals surface area (Å²) in [4.78, 5) is 0. The van der Waals surface area contributed by atoms with E-state index in [0.717, 1.165) is 17.7 Å². The van der Waals surface area contributed by atoms with Crippen molar-refractivity contribution < 1.29 is 14.9 Å². The summed E-state index contributed by atoms with van der Waals surface area (Å²) < 4.78 is 5.41. The van der Waals surface area contributed by atoms with E-state index in [1.54, 1.807) is 18.2 Å². The number of aromatic hydroxyl groups is 1. The van der Waals surface area contributed by atoms with E-state index in [1.807, 2.05) is 0 Å². The van der Waals surface area contributed by atoms with Gasteiger partial charge in [-0.1, -0.05) is 0 Å². The van der Waals surface area contributed by atoms with Crippen LogP contribution in [-0.2, 0) is 6.42 Å². The molecule has 3 heteroatoms. The molecule has 1 aromatic carbocycles. The van der Waals surface area contributed by atoms with Crippen LogP contribution in [0.4, 0.5) is 0 Å². The maximum Gasteiger partial charge on any atom is 0.122 e. The molecule has 1 aromatic rings. The minimum absolute atomic E-state index is 0.134. The third-order valence-electron chi connectivity index (χ3n) is 2.29. The summed E-state index contributed by atoms with van der Waals surface area (Å²) in [6, 6.07) is 5.06. The van der Waals surface area contributed by atoms with Gasteiger partial charge in [0.15, 0.2) is 0 Å². The Morgan fingerprint density at radius 1 is 1.46 bits per heavy atom. The summed E-state index contributed by atoms with van der Waals surface area (Å²) in [7, 11) is 0. The fourth-order valence-electron chi connectivity index (χ4n) is 1.56. The van der Waals surface area contributed by atoms with Gasteiger partial charge in [0, 0.05) is 12.5 Å². The molecule has 2 N–H and O–H groups in total. The highest BCUT2D eigenvalue weighted by atomic mass is 16.5. The Morgan fingerprint density at radius 3 is 3.08 bits per heavy atom. The first-order valence-corrected chi connectivity index (χ1v) is 4.35. The van der Waals surface area contributed by atoms with E-state index in [9.17, 15) is 5.11 Å². The minimum atomic E-state index is 0.134. The van der Waals surface area contributed by atoms with Crippen LogP contribution in [0.1, 0.15) is 5.56 Å². The van der Waals surface area contributed by atoms with Crippen LogP contribution < -0.4 is 4.74 Å². The fourth-order valence-corrected chi connectivity index (χ4v) is 1.56. The number of fused-ring (bicyclic) bond motifs is 1. The third kappa shape index (κ3) is 1.60. The highest BCUT2D eigenvalue weighted by Crippen LogP contribution is 2.29. The average Bonchev–Trinajstić information content (AvgIpc) is 2.16. The normalized spacial score (nSPS) is 20.5. The van der Waals surface area contributed by atoms with Gasteiger partial charge in [0.2, 0.25) is 0 Å². The van der Waals surface area contributed by atoms with Crippen molar-refractivity contribution >= 4 is 0 Å². The van der Waals surface area contributed by atoms with E-state index in [4.69, 9.17) is 9.84 Å². The number of aliphatic hydroxyl groups is 1. The van der Waals surface area contributed by atoms with E-state index < -0.39 is 0 Å². The quantitative estimate of drug-likeness (QED) is 0.676. The molecule has 1 heterocycles. The Bertz CT molecular complexity index is 309. The number of benzene rings is 1. The SMILES string of the molecule is OCC1COc2ccc(O)cc2C1. The molecule has 0 saturated heterocycles. The molecule has 0 spiro atoms. The zero-order chi connectivity index (χ0) is 9.26. The van der Waals surface area contributed by atoms with Crippen molar-refractivity contribution in [3.05, 3.63) is 23.8 Å². The van der Waals surface area contributed by atoms with Crippen molar-refractivity contribution in [1.29, 1.82) is 0 Å². The molecule has 1 atom stereocenters. The maximum absolute atomic E-state index is 9.23. The lowest BCUT2D eigenvalue weighted by Crippen LogP contribution is -2.23. The highest BCUT2D eigenvalue weighted by molar-refractivity contribution is 5.40. The number of hydrogen-bond donors (Lipinski definition) is 2. The lowest BCUT2D eigenvalue weighted by Gasteiger charge is -2.23. The number of rotatable bonds is 1. The first-order valence-electron chi connectivity index (χ1n) is 4.35. The molecule has 3 nitrogen and oxygen atoms in total. The van der Waals surface area contributed by atoms with Gasteiger partial charge in [0.1, 0.15) is 11.5 Å². The van der Waals surface area contributed by atoms with Crippen LogP contribution in [0.2, 0.25) is 0 Å². The summed E-state index contributed by atoms with van der Waals surface area (Å²) in [5.74, 6) is 1.23. The largest absolute Gasteiger partial charge is 0.508 e. The Labute approximate surface area is 76.6 Å². The van der Waals surface area contributed by atoms with Crippen molar-refractivity contribution in [2.24, 2.45) is 5.92 Å². The van der Waals surface area contributed by atoms with Crippen molar-refractivity contribution in [2.75, 3.05) is 13.2 Å². The van der Waals surface area contributed by atoms with Gasteiger partial charge in [0.25, 0.3) is 0 Å². The summed E-state index contributed by atoms with van der Waals surface area (Å²) in [6.45, 7) is 0.698. The number of hydrogen-bond acceptors (Lipinski definition) is 3. The Morgan fingerprint density at radius 2 is 2.31 bits per heavy atom. The topological polar surface area (TPSA) is 49.7 Å². The zero-order valence-corrected chi connectivity index (χ0v) is 7.23. The van der Waals surface area contributed by atoms with Crippen LogP contribution in [0.25, 0.3) is 0 Å². The van der Waals surface area contributed by atoms with E-state index in [-0.39, 0.29) is 18.3 Å². The molecular formula is C10H12O3. The summed E-state index contributed by atoms with van der Waals surface area (Å²) in [5, 5.41) is 18.2. The van der Waals surface area contributed by atoms with Crippen LogP contribution in [0.3, 0.4) is 0 Å². The number of phenolic OH excluding ortho intramolecular Hbond substituents is 1. The molecule has 2 rings (SSSR count). The second-order valence-electron chi connectivity index (χ2n) is 3.36. The average molecular weight is 180 g/mol. The van der Waals surface area contributed by atoms with Gasteiger partial charge in [-0.2, -0.15) is 0 Å². The van der Waals surface area contributed by atoms with Crippen molar-refractivity contribution in [3.63, 3.8) is 0 Å².